The van der Waals surface area contributed by atoms with E-state index in [1.807, 2.05) is 20.8 Å². The van der Waals surface area contributed by atoms with Gasteiger partial charge in [-0.25, -0.2) is 9.59 Å². The van der Waals surface area contributed by atoms with Gasteiger partial charge >= 0.3 is 11.9 Å². The van der Waals surface area contributed by atoms with Gasteiger partial charge in [0.2, 0.25) is 0 Å². The fraction of sp³-hybridized carbons (Fsp3) is 0.714. The number of cyclic esters (lactones) is 2. The van der Waals surface area contributed by atoms with Crippen molar-refractivity contribution in [2.45, 2.75) is 27.1 Å². The van der Waals surface area contributed by atoms with Crippen LogP contribution >= 0.6 is 0 Å². The van der Waals surface area contributed by atoms with E-state index in [1.165, 1.54) is 0 Å². The topological polar surface area (TPSA) is 52.6 Å². The SMILES string of the molecule is CC(C)(C)C1OC(=O)C(=O)O1. The first kappa shape index (κ1) is 8.04. The fourth-order valence-electron chi connectivity index (χ4n) is 0.668. The molecule has 11 heavy (non-hydrogen) atoms. The van der Waals surface area contributed by atoms with Crippen molar-refractivity contribution in [1.29, 1.82) is 0 Å². The summed E-state index contributed by atoms with van der Waals surface area (Å²) >= 11 is 0. The maximum atomic E-state index is 10.5. The molecule has 1 saturated heterocycles. The highest BCUT2D eigenvalue weighted by molar-refractivity contribution is 6.30. The Kier molecular flexibility index (Phi) is 1.62. The van der Waals surface area contributed by atoms with Gasteiger partial charge < -0.3 is 9.47 Å². The highest BCUT2D eigenvalue weighted by Gasteiger charge is 2.41. The summed E-state index contributed by atoms with van der Waals surface area (Å²) in [6.45, 7) is 5.47. The van der Waals surface area contributed by atoms with E-state index in [4.69, 9.17) is 0 Å². The summed E-state index contributed by atoms with van der Waals surface area (Å²) in [5, 5.41) is 0. The number of ether oxygens (including phenoxy) is 2. The third kappa shape index (κ3) is 1.50. The Labute approximate surface area is 64.5 Å². The minimum atomic E-state index is -0.898. The Hall–Kier alpha value is -1.06. The standard InChI is InChI=1S/C7H10O4/c1-7(2,3)6-10-4(8)5(9)11-6/h6H,1-3H3. The summed E-state index contributed by atoms with van der Waals surface area (Å²) in [4.78, 5) is 21.1. The number of carbonyl (C=O) groups excluding carboxylic acids is 2. The molecule has 1 fully saturated rings. The molecule has 0 bridgehead atoms. The Morgan fingerprint density at radius 3 is 1.64 bits per heavy atom. The molecule has 4 nitrogen and oxygen atoms in total. The largest absolute Gasteiger partial charge is 0.420 e. The van der Waals surface area contributed by atoms with E-state index in [0.717, 1.165) is 0 Å². The zero-order chi connectivity index (χ0) is 8.65. The van der Waals surface area contributed by atoms with E-state index < -0.39 is 18.2 Å². The van der Waals surface area contributed by atoms with Crippen LogP contribution in [-0.2, 0) is 19.1 Å². The van der Waals surface area contributed by atoms with Crippen LogP contribution in [0.4, 0.5) is 0 Å². The molecule has 0 saturated carbocycles. The summed E-state index contributed by atoms with van der Waals surface area (Å²) in [6.07, 6.45) is -0.734. The van der Waals surface area contributed by atoms with Crippen molar-refractivity contribution in [3.63, 3.8) is 0 Å². The molecule has 4 heteroatoms. The van der Waals surface area contributed by atoms with E-state index in [0.29, 0.717) is 0 Å². The predicted molar refractivity (Wildman–Crippen MR) is 35.4 cm³/mol. The highest BCUT2D eigenvalue weighted by Crippen LogP contribution is 2.26. The maximum Gasteiger partial charge on any atom is 0.420 e. The maximum absolute atomic E-state index is 10.5. The van der Waals surface area contributed by atoms with E-state index in [2.05, 4.69) is 9.47 Å². The van der Waals surface area contributed by atoms with Crippen LogP contribution in [0.15, 0.2) is 0 Å². The molecule has 1 rings (SSSR count). The molecule has 0 N–H and O–H groups in total. The fourth-order valence-corrected chi connectivity index (χ4v) is 0.668. The lowest BCUT2D eigenvalue weighted by atomic mass is 9.96. The molecule has 1 aliphatic rings. The minimum absolute atomic E-state index is 0.345. The molecule has 0 aliphatic carbocycles. The van der Waals surface area contributed by atoms with Crippen molar-refractivity contribution in [1.82, 2.24) is 0 Å². The zero-order valence-corrected chi connectivity index (χ0v) is 6.71. The van der Waals surface area contributed by atoms with Crippen molar-refractivity contribution < 1.29 is 19.1 Å². The van der Waals surface area contributed by atoms with Gasteiger partial charge in [-0.1, -0.05) is 20.8 Å². The summed E-state index contributed by atoms with van der Waals surface area (Å²) in [5.41, 5.74) is -0.345. The van der Waals surface area contributed by atoms with Crippen LogP contribution < -0.4 is 0 Å². The summed E-state index contributed by atoms with van der Waals surface area (Å²) < 4.78 is 9.25. The highest BCUT2D eigenvalue weighted by atomic mass is 16.8. The minimum Gasteiger partial charge on any atom is -0.416 e. The summed E-state index contributed by atoms with van der Waals surface area (Å²) in [7, 11) is 0. The van der Waals surface area contributed by atoms with Gasteiger partial charge in [0.25, 0.3) is 6.29 Å². The molecule has 0 spiro atoms. The Balaban J connectivity index is 2.68. The van der Waals surface area contributed by atoms with Crippen LogP contribution in [0.25, 0.3) is 0 Å². The lowest BCUT2D eigenvalue weighted by Gasteiger charge is -2.22. The third-order valence-corrected chi connectivity index (χ3v) is 1.30. The van der Waals surface area contributed by atoms with Gasteiger partial charge in [0.15, 0.2) is 0 Å². The quantitative estimate of drug-likeness (QED) is 0.379. The molecular formula is C7H10O4. The van der Waals surface area contributed by atoms with Gasteiger partial charge in [0, 0.05) is 5.41 Å². The molecule has 0 radical (unpaired) electrons. The van der Waals surface area contributed by atoms with E-state index in [1.54, 1.807) is 0 Å². The molecule has 1 heterocycles. The van der Waals surface area contributed by atoms with E-state index >= 15 is 0 Å². The Bertz CT molecular complexity index is 185. The number of hydrogen-bond acceptors (Lipinski definition) is 4. The van der Waals surface area contributed by atoms with Gasteiger partial charge in [-0.3, -0.25) is 0 Å². The van der Waals surface area contributed by atoms with E-state index in [9.17, 15) is 9.59 Å². The number of carbonyl (C=O) groups is 2. The first-order valence-electron chi connectivity index (χ1n) is 3.33. The number of esters is 2. The van der Waals surface area contributed by atoms with Crippen LogP contribution in [0.3, 0.4) is 0 Å². The monoisotopic (exact) mass is 158 g/mol. The average Bonchev–Trinajstić information content (AvgIpc) is 2.11. The van der Waals surface area contributed by atoms with Crippen LogP contribution in [-0.4, -0.2) is 18.2 Å². The van der Waals surface area contributed by atoms with Crippen LogP contribution in [0.2, 0.25) is 0 Å². The van der Waals surface area contributed by atoms with Crippen molar-refractivity contribution in [3.8, 4) is 0 Å². The Morgan fingerprint density at radius 2 is 1.45 bits per heavy atom. The van der Waals surface area contributed by atoms with Gasteiger partial charge in [-0.15, -0.1) is 0 Å². The van der Waals surface area contributed by atoms with Gasteiger partial charge in [-0.2, -0.15) is 0 Å². The molecule has 0 unspecified atom stereocenters. The smallest absolute Gasteiger partial charge is 0.416 e. The van der Waals surface area contributed by atoms with Gasteiger partial charge in [-0.05, 0) is 0 Å². The zero-order valence-electron chi connectivity index (χ0n) is 6.71. The van der Waals surface area contributed by atoms with Crippen molar-refractivity contribution in [2.75, 3.05) is 0 Å². The molecule has 62 valence electrons. The average molecular weight is 158 g/mol. The molecule has 0 aromatic heterocycles. The first-order chi connectivity index (χ1) is 4.91. The molecular weight excluding hydrogens is 148 g/mol. The number of hydrogen-bond donors (Lipinski definition) is 0. The molecule has 0 aromatic rings. The lowest BCUT2D eigenvalue weighted by Crippen LogP contribution is -2.27. The van der Waals surface area contributed by atoms with Crippen LogP contribution in [0.1, 0.15) is 20.8 Å². The Morgan fingerprint density at radius 1 is 1.09 bits per heavy atom. The predicted octanol–water partition coefficient (Wildman–Crippen LogP) is 0.459. The van der Waals surface area contributed by atoms with E-state index in [-0.39, 0.29) is 5.41 Å². The van der Waals surface area contributed by atoms with Crippen LogP contribution in [0, 0.1) is 5.41 Å². The van der Waals surface area contributed by atoms with Crippen molar-refractivity contribution in [3.05, 3.63) is 0 Å². The lowest BCUT2D eigenvalue weighted by molar-refractivity contribution is -0.156. The molecule has 1 aliphatic heterocycles. The van der Waals surface area contributed by atoms with Crippen molar-refractivity contribution >= 4 is 11.9 Å². The second kappa shape index (κ2) is 2.22. The van der Waals surface area contributed by atoms with Crippen molar-refractivity contribution in [2.24, 2.45) is 5.41 Å². The van der Waals surface area contributed by atoms with Gasteiger partial charge in [0.1, 0.15) is 0 Å². The second-order valence-corrected chi connectivity index (χ2v) is 3.51. The summed E-state index contributed by atoms with van der Waals surface area (Å²) in [6, 6.07) is 0. The molecule has 0 amide bonds. The van der Waals surface area contributed by atoms with Gasteiger partial charge in [0.05, 0.1) is 0 Å². The first-order valence-corrected chi connectivity index (χ1v) is 3.33. The van der Waals surface area contributed by atoms with Crippen LogP contribution in [0.5, 0.6) is 0 Å². The summed E-state index contributed by atoms with van der Waals surface area (Å²) in [5.74, 6) is -1.80. The molecule has 0 aromatic carbocycles. The number of rotatable bonds is 0. The second-order valence-electron chi connectivity index (χ2n) is 3.51. The third-order valence-electron chi connectivity index (χ3n) is 1.30. The molecule has 0 atom stereocenters. The normalized spacial score (nSPS) is 19.9.